The lowest BCUT2D eigenvalue weighted by atomic mass is 9.86. The van der Waals surface area contributed by atoms with E-state index in [9.17, 15) is 19.2 Å². The number of ether oxygens (including phenoxy) is 4. The standard InChI is InChI=1S/C21H33N3O.C19H30N2O2.C18H30N2O.C17H28N2O.C16H24N2O.C15H24N2O2.C14H23N3/c1-21(2,3)18-7-5-17(6-8-18)20(25)24-11-9-19(10-12-24)23-15-13-22(4)14-16-23;1-18(2,3)15-7-9-16(10-8-15)20-11-13-21(14-12-20)17(22)23-19(4,5)6;1-18(2,3)16-8-7-15(13-17(16)21-6)20-11-9-14(10-12-20)19(4)5;1-6-20-16-13-14(7-8-15(16)17(2,3)4)19-11-9-18(5)10-12-19;1-16(2,3)14-7-5-13(6-8-14)15(19)18-11-9-17(4)10-12-18;1-15(2,3)12-9-11(7-8-13(12)19-6)16-14(18)10-17(4)5;1-14(2,3)13-6-5-12(11-15-13)17-9-7-16(4)8-10-17/h5-8,19H,9-16H2,1-4H3;7-10H,11-14H2,1-6H3;7-8,13-14H,9-12H2,1-6H3;7-8,13H,6,9-12H2,1-5H3;5-8H,9-12H2,1-4H3;7-9H,10H2,1-6H3,(H,16,18);5-6,11H,7-10H2,1-4H3. The molecule has 7 aliphatic heterocycles. The van der Waals surface area contributed by atoms with Gasteiger partial charge in [-0.15, -0.1) is 0 Å². The molecule has 0 radical (unpaired) electrons. The highest BCUT2D eigenvalue weighted by Crippen LogP contribution is 2.40. The van der Waals surface area contributed by atoms with Crippen molar-refractivity contribution in [2.75, 3.05) is 266 Å². The Labute approximate surface area is 872 Å². The summed E-state index contributed by atoms with van der Waals surface area (Å²) >= 11 is 0. The molecule has 7 fully saturated rings. The average molecular weight is 1990 g/mol. The molecule has 8 heterocycles. The predicted molar refractivity (Wildman–Crippen MR) is 605 cm³/mol. The van der Waals surface area contributed by atoms with Gasteiger partial charge < -0.3 is 88.0 Å². The molecule has 24 heteroatoms. The molecule has 1 aromatic heterocycles. The van der Waals surface area contributed by atoms with Gasteiger partial charge in [0.2, 0.25) is 5.91 Å². The lowest BCUT2D eigenvalue weighted by molar-refractivity contribution is -0.116. The first-order valence-electron chi connectivity index (χ1n) is 53.3. The van der Waals surface area contributed by atoms with Gasteiger partial charge in [0, 0.05) is 232 Å². The Kier molecular flexibility index (Phi) is 44.4. The second-order valence-corrected chi connectivity index (χ2v) is 49.2. The molecule has 4 amide bonds. The topological polar surface area (TPSA) is 175 Å². The summed E-state index contributed by atoms with van der Waals surface area (Å²) in [6, 6.07) is 49.9. The number of anilines is 5. The van der Waals surface area contributed by atoms with Gasteiger partial charge in [-0.1, -0.05) is 194 Å². The van der Waals surface area contributed by atoms with Gasteiger partial charge in [0.25, 0.3) is 11.8 Å². The Morgan fingerprint density at radius 3 is 1.12 bits per heavy atom. The van der Waals surface area contributed by atoms with E-state index in [1.165, 1.54) is 89.6 Å². The average Bonchev–Trinajstić information content (AvgIpc) is 1.50. The fourth-order valence-electron chi connectivity index (χ4n) is 18.6. The lowest BCUT2D eigenvalue weighted by Gasteiger charge is -2.42. The van der Waals surface area contributed by atoms with Crippen molar-refractivity contribution in [1.82, 2.24) is 54.0 Å². The van der Waals surface area contributed by atoms with E-state index in [1.807, 2.05) is 98.2 Å². The van der Waals surface area contributed by atoms with Gasteiger partial charge in [0.1, 0.15) is 22.8 Å². The number of piperidine rings is 2. The van der Waals surface area contributed by atoms with Crippen LogP contribution in [0.3, 0.4) is 0 Å². The van der Waals surface area contributed by atoms with Gasteiger partial charge >= 0.3 is 6.09 Å². The van der Waals surface area contributed by atoms with E-state index in [-0.39, 0.29) is 61.7 Å². The Morgan fingerprint density at radius 2 is 0.729 bits per heavy atom. The monoisotopic (exact) mass is 1990 g/mol. The first-order valence-corrected chi connectivity index (χ1v) is 53.3. The van der Waals surface area contributed by atoms with Crippen molar-refractivity contribution in [1.29, 1.82) is 0 Å². The van der Waals surface area contributed by atoms with E-state index in [2.05, 4.69) is 351 Å². The molecule has 0 unspecified atom stereocenters. The number of carbonyl (C=O) groups excluding carboxylic acids is 4. The van der Waals surface area contributed by atoms with E-state index in [1.54, 1.807) is 19.1 Å². The maximum absolute atomic E-state index is 12.8. The molecule has 7 saturated heterocycles. The molecule has 6 aromatic carbocycles. The van der Waals surface area contributed by atoms with Crippen LogP contribution in [-0.2, 0) is 47.4 Å². The third-order valence-electron chi connectivity index (χ3n) is 28.3. The molecule has 7 aliphatic rings. The highest BCUT2D eigenvalue weighted by molar-refractivity contribution is 5.95. The minimum atomic E-state index is -0.434. The first kappa shape index (κ1) is 120. The number of nitrogens with zero attached hydrogens (tertiary/aromatic N) is 15. The molecule has 0 atom stereocenters. The number of amides is 4. The molecule has 7 aromatic rings. The minimum absolute atomic E-state index is 0.0185. The van der Waals surface area contributed by atoms with Crippen molar-refractivity contribution in [3.05, 3.63) is 196 Å². The van der Waals surface area contributed by atoms with Crippen LogP contribution in [-0.4, -0.2) is 336 Å². The van der Waals surface area contributed by atoms with Gasteiger partial charge in [0.15, 0.2) is 0 Å². The second kappa shape index (κ2) is 53.4. The van der Waals surface area contributed by atoms with Gasteiger partial charge in [-0.25, -0.2) is 4.79 Å². The van der Waals surface area contributed by atoms with E-state index < -0.39 is 5.60 Å². The molecule has 800 valence electrons. The third-order valence-corrected chi connectivity index (χ3v) is 28.3. The predicted octanol–water partition coefficient (Wildman–Crippen LogP) is 20.5. The maximum atomic E-state index is 12.8. The molecule has 1 N–H and O–H groups in total. The molecule has 0 saturated carbocycles. The number of rotatable bonds is 15. The largest absolute Gasteiger partial charge is 0.496 e. The molecule has 0 spiro atoms. The zero-order valence-corrected chi connectivity index (χ0v) is 96.2. The summed E-state index contributed by atoms with van der Waals surface area (Å²) in [7, 11) is 20.2. The quantitative estimate of drug-likeness (QED) is 0.102. The van der Waals surface area contributed by atoms with Crippen molar-refractivity contribution in [3.8, 4) is 17.2 Å². The Hall–Kier alpha value is -9.53. The molecule has 0 bridgehead atoms. The molecule has 14 rings (SSSR count). The van der Waals surface area contributed by atoms with Gasteiger partial charge in [-0.05, 0) is 249 Å². The van der Waals surface area contributed by atoms with Crippen molar-refractivity contribution in [3.63, 3.8) is 0 Å². The van der Waals surface area contributed by atoms with Crippen molar-refractivity contribution < 1.29 is 38.1 Å². The molecule has 24 nitrogen and oxygen atoms in total. The van der Waals surface area contributed by atoms with Crippen LogP contribution in [0.2, 0.25) is 0 Å². The zero-order valence-electron chi connectivity index (χ0n) is 96.2. The number of hydrogen-bond acceptors (Lipinski definition) is 20. The summed E-state index contributed by atoms with van der Waals surface area (Å²) in [4.78, 5) is 85.3. The van der Waals surface area contributed by atoms with Crippen LogP contribution in [0.1, 0.15) is 259 Å². The molecular weight excluding hydrogens is 1790 g/mol. The van der Waals surface area contributed by atoms with Crippen LogP contribution in [0.15, 0.2) is 146 Å². The van der Waals surface area contributed by atoms with Crippen molar-refractivity contribution in [2.24, 2.45) is 0 Å². The van der Waals surface area contributed by atoms with Crippen LogP contribution in [0, 0.1) is 0 Å². The smallest absolute Gasteiger partial charge is 0.410 e. The SMILES string of the molecule is CC(C)(C)OC(=O)N1CCN(c2ccc(C(C)(C)C)cc2)CC1.CCOc1cc(N2CCN(C)CC2)ccc1C(C)(C)C.CN1CCN(C(=O)c2ccc(C(C)(C)C)cc2)CC1.CN1CCN(C2CCN(C(=O)c3ccc(C(C)(C)C)cc3)CC2)CC1.CN1CCN(c2ccc(C(C)(C)C)nc2)CC1.COc1cc(N2CCC(N(C)C)CC2)ccc1C(C)(C)C.COc1ccc(NC(=O)CN(C)C)cc1C(C)(C)C. The van der Waals surface area contributed by atoms with Crippen molar-refractivity contribution in [2.45, 2.75) is 254 Å². The third kappa shape index (κ3) is 38.0. The molecule has 144 heavy (non-hydrogen) atoms. The number of likely N-dealkylation sites (tertiary alicyclic amines) is 1. The number of aromatic nitrogens is 1. The number of likely N-dealkylation sites (N-methyl/N-ethyl adjacent to an activating group) is 5. The van der Waals surface area contributed by atoms with Crippen LogP contribution < -0.4 is 39.1 Å². The van der Waals surface area contributed by atoms with Gasteiger partial charge in [0.05, 0.1) is 39.3 Å². The van der Waals surface area contributed by atoms with Crippen LogP contribution >= 0.6 is 0 Å². The number of hydrogen-bond donors (Lipinski definition) is 1. The highest BCUT2D eigenvalue weighted by Gasteiger charge is 2.34. The lowest BCUT2D eigenvalue weighted by Crippen LogP contribution is -2.52. The summed E-state index contributed by atoms with van der Waals surface area (Å²) in [6.45, 7) is 79.3. The molecular formula is C120H192N16O8. The summed E-state index contributed by atoms with van der Waals surface area (Å²) in [5, 5.41) is 2.90. The number of nitrogens with one attached hydrogen (secondary N) is 1. The van der Waals surface area contributed by atoms with E-state index in [4.69, 9.17) is 18.9 Å². The second-order valence-electron chi connectivity index (χ2n) is 49.2. The normalized spacial score (nSPS) is 17.3. The molecule has 0 aliphatic carbocycles. The number of benzene rings is 6. The van der Waals surface area contributed by atoms with E-state index in [0.29, 0.717) is 25.7 Å². The van der Waals surface area contributed by atoms with Crippen LogP contribution in [0.5, 0.6) is 17.2 Å². The number of pyridine rings is 1. The Bertz CT molecular complexity index is 5030. The summed E-state index contributed by atoms with van der Waals surface area (Å²) in [6.07, 6.45) is 6.49. The Morgan fingerprint density at radius 1 is 0.361 bits per heavy atom. The first-order chi connectivity index (χ1) is 67.2. The number of piperazine rings is 5. The van der Waals surface area contributed by atoms with E-state index in [0.717, 1.165) is 189 Å². The van der Waals surface area contributed by atoms with Gasteiger partial charge in [-0.2, -0.15) is 0 Å². The summed E-state index contributed by atoms with van der Waals surface area (Å²) < 4.78 is 22.3. The van der Waals surface area contributed by atoms with Crippen molar-refractivity contribution >= 4 is 52.3 Å². The van der Waals surface area contributed by atoms with Gasteiger partial charge in [-0.3, -0.25) is 24.3 Å². The number of carbonyl (C=O) groups is 4. The maximum Gasteiger partial charge on any atom is 0.410 e. The minimum Gasteiger partial charge on any atom is -0.496 e. The number of methoxy groups -OCH3 is 2. The zero-order chi connectivity index (χ0) is 107. The fourth-order valence-corrected chi connectivity index (χ4v) is 18.6. The van der Waals surface area contributed by atoms with E-state index >= 15 is 0 Å². The fraction of sp³-hybridized carbons (Fsp3) is 0.625. The Balaban J connectivity index is 0.000000206. The summed E-state index contributed by atoms with van der Waals surface area (Å²) in [5.41, 5.74) is 16.5. The summed E-state index contributed by atoms with van der Waals surface area (Å²) in [5.74, 6) is 3.23. The van der Waals surface area contributed by atoms with Crippen LogP contribution in [0.25, 0.3) is 0 Å². The highest BCUT2D eigenvalue weighted by atomic mass is 16.6. The van der Waals surface area contributed by atoms with Crippen LogP contribution in [0.4, 0.5) is 33.2 Å².